The van der Waals surface area contributed by atoms with Crippen LogP contribution in [0, 0.1) is 11.3 Å². The van der Waals surface area contributed by atoms with Crippen molar-refractivity contribution in [3.8, 4) is 11.8 Å². The van der Waals surface area contributed by atoms with Crippen molar-refractivity contribution in [1.29, 1.82) is 5.26 Å². The Bertz CT molecular complexity index is 468. The summed E-state index contributed by atoms with van der Waals surface area (Å²) >= 11 is 0. The summed E-state index contributed by atoms with van der Waals surface area (Å²) in [5.74, 6) is 0.879. The topological polar surface area (TPSA) is 33.0 Å². The molecule has 1 aliphatic carbocycles. The number of hydrogen-bond donors (Lipinski definition) is 0. The van der Waals surface area contributed by atoms with E-state index in [1.165, 1.54) is 24.0 Å². The highest BCUT2D eigenvalue weighted by Gasteiger charge is 2.23. The second-order valence-corrected chi connectivity index (χ2v) is 10.0. The van der Waals surface area contributed by atoms with E-state index in [1.807, 2.05) is 6.07 Å². The highest BCUT2D eigenvalue weighted by Crippen LogP contribution is 2.34. The van der Waals surface area contributed by atoms with Crippen LogP contribution in [0.1, 0.15) is 29.5 Å². The molecule has 0 fully saturated rings. The molecule has 1 aromatic carbocycles. The first-order valence-corrected chi connectivity index (χ1v) is 9.66. The van der Waals surface area contributed by atoms with E-state index >= 15 is 0 Å². The predicted molar refractivity (Wildman–Crippen MR) is 71.8 cm³/mol. The van der Waals surface area contributed by atoms with E-state index in [9.17, 15) is 5.26 Å². The standard InChI is InChI=1S/C14H19NOSi/c1-17(2,3)16-14-12(10-15)9-8-11-6-4-5-7-13(11)14/h8-9H,4-7H2,1-3H3. The van der Waals surface area contributed by atoms with E-state index in [0.29, 0.717) is 5.56 Å². The molecule has 0 unspecified atom stereocenters. The van der Waals surface area contributed by atoms with Crippen molar-refractivity contribution >= 4 is 8.32 Å². The number of hydrogen-bond acceptors (Lipinski definition) is 2. The molecule has 2 nitrogen and oxygen atoms in total. The van der Waals surface area contributed by atoms with Gasteiger partial charge in [-0.25, -0.2) is 0 Å². The number of nitriles is 1. The molecule has 0 bridgehead atoms. The molecule has 0 saturated heterocycles. The Morgan fingerprint density at radius 2 is 1.88 bits per heavy atom. The quantitative estimate of drug-likeness (QED) is 0.745. The minimum Gasteiger partial charge on any atom is -0.543 e. The molecule has 0 atom stereocenters. The van der Waals surface area contributed by atoms with Crippen LogP contribution in [0.15, 0.2) is 12.1 Å². The molecular formula is C14H19NOSi. The largest absolute Gasteiger partial charge is 0.543 e. The third-order valence-corrected chi connectivity index (χ3v) is 3.83. The molecule has 0 radical (unpaired) electrons. The fourth-order valence-corrected chi connectivity index (χ4v) is 3.15. The number of nitrogens with zero attached hydrogens (tertiary/aromatic N) is 1. The van der Waals surface area contributed by atoms with Gasteiger partial charge >= 0.3 is 0 Å². The summed E-state index contributed by atoms with van der Waals surface area (Å²) in [6.07, 6.45) is 4.66. The molecule has 0 heterocycles. The molecule has 17 heavy (non-hydrogen) atoms. The van der Waals surface area contributed by atoms with Crippen LogP contribution in [0.5, 0.6) is 5.75 Å². The van der Waals surface area contributed by atoms with Crippen LogP contribution in [0.2, 0.25) is 19.6 Å². The Labute approximate surface area is 104 Å². The van der Waals surface area contributed by atoms with Crippen LogP contribution in [0.4, 0.5) is 0 Å². The Hall–Kier alpha value is -1.27. The smallest absolute Gasteiger partial charge is 0.242 e. The minimum absolute atomic E-state index is 0.702. The Morgan fingerprint density at radius 1 is 1.18 bits per heavy atom. The zero-order valence-electron chi connectivity index (χ0n) is 10.8. The minimum atomic E-state index is -1.66. The summed E-state index contributed by atoms with van der Waals surface area (Å²) in [5.41, 5.74) is 3.37. The summed E-state index contributed by atoms with van der Waals surface area (Å²) in [6.45, 7) is 6.49. The van der Waals surface area contributed by atoms with Gasteiger partial charge in [-0.1, -0.05) is 6.07 Å². The average Bonchev–Trinajstić information content (AvgIpc) is 2.28. The van der Waals surface area contributed by atoms with Gasteiger partial charge in [0, 0.05) is 0 Å². The second-order valence-electron chi connectivity index (χ2n) is 5.61. The van der Waals surface area contributed by atoms with Crippen molar-refractivity contribution in [2.45, 2.75) is 45.3 Å². The Balaban J connectivity index is 2.49. The summed E-state index contributed by atoms with van der Waals surface area (Å²) in [6, 6.07) is 6.28. The van der Waals surface area contributed by atoms with E-state index < -0.39 is 8.32 Å². The highest BCUT2D eigenvalue weighted by molar-refractivity contribution is 6.70. The molecule has 0 spiro atoms. The third-order valence-electron chi connectivity index (χ3n) is 3.01. The predicted octanol–water partition coefficient (Wildman–Crippen LogP) is 3.65. The number of aryl methyl sites for hydroxylation is 1. The van der Waals surface area contributed by atoms with E-state index in [1.54, 1.807) is 0 Å². The SMILES string of the molecule is C[Si](C)(C)Oc1c(C#N)ccc2c1CCCC2. The van der Waals surface area contributed by atoms with Crippen molar-refractivity contribution in [1.82, 2.24) is 0 Å². The molecule has 0 aliphatic heterocycles. The molecule has 0 aromatic heterocycles. The molecule has 0 saturated carbocycles. The molecule has 2 rings (SSSR count). The Kier molecular flexibility index (Phi) is 3.25. The lowest BCUT2D eigenvalue weighted by Gasteiger charge is -2.26. The number of rotatable bonds is 2. The van der Waals surface area contributed by atoms with Gasteiger partial charge in [0.05, 0.1) is 5.56 Å². The maximum Gasteiger partial charge on any atom is 0.242 e. The third kappa shape index (κ3) is 2.70. The van der Waals surface area contributed by atoms with Gasteiger partial charge < -0.3 is 4.43 Å². The van der Waals surface area contributed by atoms with E-state index in [0.717, 1.165) is 18.6 Å². The van der Waals surface area contributed by atoms with E-state index in [4.69, 9.17) is 4.43 Å². The fourth-order valence-electron chi connectivity index (χ4n) is 2.30. The molecule has 1 aromatic rings. The number of benzene rings is 1. The summed E-state index contributed by atoms with van der Waals surface area (Å²) in [4.78, 5) is 0. The van der Waals surface area contributed by atoms with Crippen molar-refractivity contribution in [2.24, 2.45) is 0 Å². The second kappa shape index (κ2) is 4.54. The first kappa shape index (κ1) is 12.2. The van der Waals surface area contributed by atoms with E-state index in [2.05, 4.69) is 31.8 Å². The lowest BCUT2D eigenvalue weighted by atomic mass is 9.89. The molecular weight excluding hydrogens is 226 g/mol. The normalized spacial score (nSPS) is 14.9. The van der Waals surface area contributed by atoms with Crippen molar-refractivity contribution in [3.63, 3.8) is 0 Å². The van der Waals surface area contributed by atoms with Gasteiger partial charge in [-0.05, 0) is 62.5 Å². The fraction of sp³-hybridized carbons (Fsp3) is 0.500. The zero-order valence-corrected chi connectivity index (χ0v) is 11.8. The molecule has 3 heteroatoms. The maximum absolute atomic E-state index is 9.20. The van der Waals surface area contributed by atoms with Crippen molar-refractivity contribution in [2.75, 3.05) is 0 Å². The van der Waals surface area contributed by atoms with Gasteiger partial charge in [0.2, 0.25) is 8.32 Å². The summed E-state index contributed by atoms with van der Waals surface area (Å²) in [7, 11) is -1.66. The summed E-state index contributed by atoms with van der Waals surface area (Å²) < 4.78 is 6.14. The van der Waals surface area contributed by atoms with Gasteiger partial charge in [0.1, 0.15) is 11.8 Å². The van der Waals surface area contributed by atoms with Crippen LogP contribution in [-0.2, 0) is 12.8 Å². The van der Waals surface area contributed by atoms with Crippen molar-refractivity contribution < 1.29 is 4.43 Å². The van der Waals surface area contributed by atoms with Crippen LogP contribution >= 0.6 is 0 Å². The molecule has 1 aliphatic rings. The van der Waals surface area contributed by atoms with Crippen LogP contribution in [0.3, 0.4) is 0 Å². The monoisotopic (exact) mass is 245 g/mol. The molecule has 90 valence electrons. The van der Waals surface area contributed by atoms with Gasteiger partial charge in [-0.2, -0.15) is 5.26 Å². The van der Waals surface area contributed by atoms with Gasteiger partial charge in [0.25, 0.3) is 0 Å². The average molecular weight is 245 g/mol. The maximum atomic E-state index is 9.20. The molecule has 0 N–H and O–H groups in total. The van der Waals surface area contributed by atoms with Crippen LogP contribution < -0.4 is 4.43 Å². The zero-order chi connectivity index (χ0) is 12.5. The van der Waals surface area contributed by atoms with Crippen LogP contribution in [0.25, 0.3) is 0 Å². The number of fused-ring (bicyclic) bond motifs is 1. The van der Waals surface area contributed by atoms with Gasteiger partial charge in [-0.15, -0.1) is 0 Å². The van der Waals surface area contributed by atoms with Crippen molar-refractivity contribution in [3.05, 3.63) is 28.8 Å². The first-order valence-electron chi connectivity index (χ1n) is 6.25. The van der Waals surface area contributed by atoms with E-state index in [-0.39, 0.29) is 0 Å². The highest BCUT2D eigenvalue weighted by atomic mass is 28.4. The lowest BCUT2D eigenvalue weighted by Crippen LogP contribution is -2.30. The van der Waals surface area contributed by atoms with Gasteiger partial charge in [-0.3, -0.25) is 0 Å². The first-order chi connectivity index (χ1) is 8.01. The Morgan fingerprint density at radius 3 is 2.53 bits per heavy atom. The lowest BCUT2D eigenvalue weighted by molar-refractivity contribution is 0.535. The summed E-state index contributed by atoms with van der Waals surface area (Å²) in [5, 5.41) is 9.20. The molecule has 0 amide bonds. The van der Waals surface area contributed by atoms with Gasteiger partial charge in [0.15, 0.2) is 0 Å². The van der Waals surface area contributed by atoms with Crippen LogP contribution in [-0.4, -0.2) is 8.32 Å².